The van der Waals surface area contributed by atoms with E-state index >= 15 is 0 Å². The number of aliphatic hydroxyl groups is 1. The van der Waals surface area contributed by atoms with Gasteiger partial charge >= 0.3 is 6.03 Å². The van der Waals surface area contributed by atoms with Crippen molar-refractivity contribution >= 4 is 29.0 Å². The lowest BCUT2D eigenvalue weighted by molar-refractivity contribution is 0.262. The number of halogens is 2. The third-order valence-electron chi connectivity index (χ3n) is 2.40. The molecule has 0 fully saturated rings. The summed E-state index contributed by atoms with van der Waals surface area (Å²) in [5.74, 6) is -0.611. The lowest BCUT2D eigenvalue weighted by atomic mass is 10.3. The second kappa shape index (κ2) is 6.36. The molecule has 0 radical (unpaired) electrons. The van der Waals surface area contributed by atoms with Crippen molar-refractivity contribution in [3.05, 3.63) is 41.4 Å². The number of amides is 2. The summed E-state index contributed by atoms with van der Waals surface area (Å²) in [5.41, 5.74) is 0.748. The summed E-state index contributed by atoms with van der Waals surface area (Å²) in [7, 11) is 0. The van der Waals surface area contributed by atoms with E-state index in [0.717, 1.165) is 6.07 Å². The quantitative estimate of drug-likeness (QED) is 0.810. The maximum Gasteiger partial charge on any atom is 0.323 e. The number of carbonyl (C=O) groups is 1. The fourth-order valence-electron chi connectivity index (χ4n) is 1.52. The first-order valence-corrected chi connectivity index (χ1v) is 6.12. The number of anilines is 2. The zero-order chi connectivity index (χ0) is 14.5. The highest BCUT2D eigenvalue weighted by Crippen LogP contribution is 2.18. The van der Waals surface area contributed by atoms with Crippen LogP contribution in [0.1, 0.15) is 0 Å². The third kappa shape index (κ3) is 3.69. The Morgan fingerprint density at radius 2 is 2.15 bits per heavy atom. The lowest BCUT2D eigenvalue weighted by Crippen LogP contribution is -2.19. The molecule has 20 heavy (non-hydrogen) atoms. The van der Waals surface area contributed by atoms with Gasteiger partial charge in [0, 0.05) is 11.9 Å². The highest BCUT2D eigenvalue weighted by atomic mass is 35.5. The largest absolute Gasteiger partial charge is 0.394 e. The predicted molar refractivity (Wildman–Crippen MR) is 73.4 cm³/mol. The van der Waals surface area contributed by atoms with Crippen molar-refractivity contribution in [3.8, 4) is 0 Å². The number of rotatable bonds is 4. The first kappa shape index (κ1) is 14.3. The molecule has 8 heteroatoms. The van der Waals surface area contributed by atoms with Crippen LogP contribution in [0, 0.1) is 5.82 Å². The highest BCUT2D eigenvalue weighted by Gasteiger charge is 2.06. The molecule has 106 valence electrons. The van der Waals surface area contributed by atoms with Crippen LogP contribution in [0.2, 0.25) is 5.02 Å². The first-order chi connectivity index (χ1) is 9.58. The van der Waals surface area contributed by atoms with E-state index in [0.29, 0.717) is 12.2 Å². The summed E-state index contributed by atoms with van der Waals surface area (Å²) in [6.07, 6.45) is 3.01. The van der Waals surface area contributed by atoms with Gasteiger partial charge in [0.15, 0.2) is 0 Å². The number of carbonyl (C=O) groups excluding carboxylic acids is 1. The molecule has 1 aromatic carbocycles. The maximum atomic E-state index is 13.2. The topological polar surface area (TPSA) is 79.2 Å². The van der Waals surface area contributed by atoms with Gasteiger partial charge < -0.3 is 15.7 Å². The highest BCUT2D eigenvalue weighted by molar-refractivity contribution is 6.30. The molecule has 1 heterocycles. The van der Waals surface area contributed by atoms with Gasteiger partial charge in [0.05, 0.1) is 30.1 Å². The van der Waals surface area contributed by atoms with Crippen LogP contribution in [-0.2, 0) is 6.54 Å². The van der Waals surface area contributed by atoms with Crippen LogP contribution >= 0.6 is 11.6 Å². The molecule has 0 aliphatic heterocycles. The van der Waals surface area contributed by atoms with Gasteiger partial charge in [-0.2, -0.15) is 5.10 Å². The van der Waals surface area contributed by atoms with Crippen molar-refractivity contribution in [1.82, 2.24) is 9.78 Å². The van der Waals surface area contributed by atoms with Crippen molar-refractivity contribution in [1.29, 1.82) is 0 Å². The molecular formula is C12H12ClFN4O2. The molecule has 0 saturated heterocycles. The predicted octanol–water partition coefficient (Wildman–Crippen LogP) is 2.31. The van der Waals surface area contributed by atoms with Gasteiger partial charge in [-0.25, -0.2) is 9.18 Å². The number of urea groups is 1. The van der Waals surface area contributed by atoms with E-state index in [-0.39, 0.29) is 17.3 Å². The van der Waals surface area contributed by atoms with Crippen LogP contribution in [-0.4, -0.2) is 27.5 Å². The smallest absolute Gasteiger partial charge is 0.323 e. The van der Waals surface area contributed by atoms with Crippen LogP contribution in [0.4, 0.5) is 20.6 Å². The van der Waals surface area contributed by atoms with Gasteiger partial charge in [-0.05, 0) is 18.2 Å². The van der Waals surface area contributed by atoms with Crippen molar-refractivity contribution in [2.24, 2.45) is 0 Å². The Bertz CT molecular complexity index is 617. The Morgan fingerprint density at radius 3 is 2.85 bits per heavy atom. The van der Waals surface area contributed by atoms with Gasteiger partial charge in [0.25, 0.3) is 0 Å². The summed E-state index contributed by atoms with van der Waals surface area (Å²) in [6, 6.07) is 3.43. The molecule has 1 aromatic heterocycles. The second-order valence-electron chi connectivity index (χ2n) is 3.92. The molecule has 0 bridgehead atoms. The monoisotopic (exact) mass is 298 g/mol. The Morgan fingerprint density at radius 1 is 1.40 bits per heavy atom. The normalized spacial score (nSPS) is 10.3. The Hall–Kier alpha value is -2.12. The van der Waals surface area contributed by atoms with Crippen LogP contribution in [0.15, 0.2) is 30.6 Å². The van der Waals surface area contributed by atoms with E-state index in [4.69, 9.17) is 16.7 Å². The molecule has 3 N–H and O–H groups in total. The fourth-order valence-corrected chi connectivity index (χ4v) is 1.64. The van der Waals surface area contributed by atoms with E-state index in [1.54, 1.807) is 6.20 Å². The summed E-state index contributed by atoms with van der Waals surface area (Å²) >= 11 is 5.54. The summed E-state index contributed by atoms with van der Waals surface area (Å²) < 4.78 is 14.7. The van der Waals surface area contributed by atoms with Crippen molar-refractivity contribution in [2.75, 3.05) is 17.2 Å². The average Bonchev–Trinajstić information content (AvgIpc) is 2.81. The zero-order valence-electron chi connectivity index (χ0n) is 10.3. The molecule has 0 saturated carbocycles. The molecule has 0 atom stereocenters. The van der Waals surface area contributed by atoms with Crippen LogP contribution < -0.4 is 10.6 Å². The molecule has 2 rings (SSSR count). The Labute approximate surface area is 119 Å². The number of nitrogens with zero attached hydrogens (tertiary/aromatic N) is 2. The Balaban J connectivity index is 1.95. The van der Waals surface area contributed by atoms with E-state index in [1.807, 2.05) is 0 Å². The molecule has 0 spiro atoms. The van der Waals surface area contributed by atoms with Crippen LogP contribution in [0.25, 0.3) is 0 Å². The molecule has 6 nitrogen and oxygen atoms in total. The summed E-state index contributed by atoms with van der Waals surface area (Å²) in [6.45, 7) is 0.295. The number of benzene rings is 1. The minimum absolute atomic E-state index is 0.0127. The number of hydrogen-bond acceptors (Lipinski definition) is 3. The molecular weight excluding hydrogens is 287 g/mol. The molecule has 2 aromatic rings. The first-order valence-electron chi connectivity index (χ1n) is 5.75. The number of hydrogen-bond donors (Lipinski definition) is 3. The SMILES string of the molecule is O=C(Nc1ccc(Cl)c(F)c1)Nc1cnn(CCO)c1. The van der Waals surface area contributed by atoms with Crippen molar-refractivity contribution in [2.45, 2.75) is 6.54 Å². The van der Waals surface area contributed by atoms with E-state index < -0.39 is 11.8 Å². The summed E-state index contributed by atoms with van der Waals surface area (Å²) in [4.78, 5) is 11.7. The summed E-state index contributed by atoms with van der Waals surface area (Å²) in [5, 5.41) is 17.7. The van der Waals surface area contributed by atoms with Gasteiger partial charge in [0.1, 0.15) is 5.82 Å². The van der Waals surface area contributed by atoms with Crippen molar-refractivity contribution in [3.63, 3.8) is 0 Å². The van der Waals surface area contributed by atoms with Gasteiger partial charge in [-0.3, -0.25) is 4.68 Å². The van der Waals surface area contributed by atoms with Crippen LogP contribution in [0.5, 0.6) is 0 Å². The molecule has 0 aliphatic rings. The molecule has 2 amide bonds. The van der Waals surface area contributed by atoms with E-state index in [1.165, 1.54) is 23.0 Å². The van der Waals surface area contributed by atoms with Gasteiger partial charge in [-0.15, -0.1) is 0 Å². The molecule has 0 unspecified atom stereocenters. The second-order valence-corrected chi connectivity index (χ2v) is 4.33. The lowest BCUT2D eigenvalue weighted by Gasteiger charge is -2.06. The van der Waals surface area contributed by atoms with Crippen LogP contribution in [0.3, 0.4) is 0 Å². The zero-order valence-corrected chi connectivity index (χ0v) is 11.1. The minimum Gasteiger partial charge on any atom is -0.394 e. The Kier molecular flexibility index (Phi) is 4.54. The van der Waals surface area contributed by atoms with Gasteiger partial charge in [0.2, 0.25) is 0 Å². The minimum atomic E-state index is -0.611. The van der Waals surface area contributed by atoms with E-state index in [9.17, 15) is 9.18 Å². The maximum absolute atomic E-state index is 13.2. The van der Waals surface area contributed by atoms with Gasteiger partial charge in [-0.1, -0.05) is 11.6 Å². The van der Waals surface area contributed by atoms with E-state index in [2.05, 4.69) is 15.7 Å². The fraction of sp³-hybridized carbons (Fsp3) is 0.167. The van der Waals surface area contributed by atoms with Crippen molar-refractivity contribution < 1.29 is 14.3 Å². The number of aromatic nitrogens is 2. The standard InChI is InChI=1S/C12H12ClFN4O2/c13-10-2-1-8(5-11(10)14)16-12(20)17-9-6-15-18(7-9)3-4-19/h1-2,5-7,19H,3-4H2,(H2,16,17,20). The number of aliphatic hydroxyl groups excluding tert-OH is 1. The average molecular weight is 299 g/mol. The third-order valence-corrected chi connectivity index (χ3v) is 2.70. The number of nitrogens with one attached hydrogen (secondary N) is 2. The molecule has 0 aliphatic carbocycles.